The van der Waals surface area contributed by atoms with Crippen LogP contribution in [-0.4, -0.2) is 21.2 Å². The van der Waals surface area contributed by atoms with E-state index in [2.05, 4.69) is 36.9 Å². The predicted molar refractivity (Wildman–Crippen MR) is 89.9 cm³/mol. The topological polar surface area (TPSA) is 63.2 Å². The Bertz CT molecular complexity index is 852. The molecule has 2 aromatic heterocycles. The van der Waals surface area contributed by atoms with Gasteiger partial charge >= 0.3 is 0 Å². The molecule has 0 unspecified atom stereocenters. The van der Waals surface area contributed by atoms with E-state index in [0.29, 0.717) is 18.7 Å². The van der Waals surface area contributed by atoms with Crippen molar-refractivity contribution in [3.63, 3.8) is 0 Å². The number of hydrogen-bond donors (Lipinski definition) is 0. The highest BCUT2D eigenvalue weighted by Gasteiger charge is 2.25. The summed E-state index contributed by atoms with van der Waals surface area (Å²) in [5.41, 5.74) is 1.15. The van der Waals surface area contributed by atoms with E-state index in [0.717, 1.165) is 21.4 Å². The Kier molecular flexibility index (Phi) is 4.05. The van der Waals surface area contributed by atoms with Gasteiger partial charge in [-0.15, -0.1) is 0 Å². The number of ether oxygens (including phenoxy) is 1. The summed E-state index contributed by atoms with van der Waals surface area (Å²) in [5.74, 6) is 0.849. The summed E-state index contributed by atoms with van der Waals surface area (Å²) >= 11 is 1.51. The van der Waals surface area contributed by atoms with Gasteiger partial charge < -0.3 is 4.74 Å². The van der Waals surface area contributed by atoms with Gasteiger partial charge in [-0.25, -0.2) is 4.98 Å². The number of nitriles is 1. The first-order valence-electron chi connectivity index (χ1n) is 7.46. The molecule has 0 radical (unpaired) electrons. The van der Waals surface area contributed by atoms with Gasteiger partial charge in [0.05, 0.1) is 12.3 Å². The highest BCUT2D eigenvalue weighted by molar-refractivity contribution is 7.16. The highest BCUT2D eigenvalue weighted by atomic mass is 32.1. The summed E-state index contributed by atoms with van der Waals surface area (Å²) in [7, 11) is 0. The molecule has 0 N–H and O–H groups in total. The van der Waals surface area contributed by atoms with E-state index in [1.807, 2.05) is 30.3 Å². The zero-order valence-corrected chi connectivity index (χ0v) is 14.2. The summed E-state index contributed by atoms with van der Waals surface area (Å²) in [4.78, 5) is 5.36. The average molecular weight is 326 g/mol. The van der Waals surface area contributed by atoms with Crippen LogP contribution >= 0.6 is 11.3 Å². The predicted octanol–water partition coefficient (Wildman–Crippen LogP) is 3.58. The zero-order valence-electron chi connectivity index (χ0n) is 13.4. The molecule has 0 spiro atoms. The minimum atomic E-state index is -0.172. The molecule has 1 aromatic carbocycles. The van der Waals surface area contributed by atoms with Crippen LogP contribution in [0.15, 0.2) is 30.3 Å². The molecule has 0 saturated carbocycles. The van der Waals surface area contributed by atoms with E-state index in [1.54, 1.807) is 4.52 Å². The van der Waals surface area contributed by atoms with Crippen molar-refractivity contribution in [3.8, 4) is 11.8 Å². The maximum atomic E-state index is 9.43. The molecule has 0 aliphatic rings. The van der Waals surface area contributed by atoms with Gasteiger partial charge in [0.15, 0.2) is 5.69 Å². The molecule has 3 rings (SSSR count). The van der Waals surface area contributed by atoms with Gasteiger partial charge in [0, 0.05) is 11.8 Å². The molecule has 0 aliphatic carbocycles. The lowest BCUT2D eigenvalue weighted by Crippen LogP contribution is -2.14. The lowest BCUT2D eigenvalue weighted by Gasteiger charge is -2.14. The summed E-state index contributed by atoms with van der Waals surface area (Å²) in [5, 5.41) is 14.9. The summed E-state index contributed by atoms with van der Waals surface area (Å²) in [6.07, 6.45) is 0.693. The molecule has 2 heterocycles. The smallest absolute Gasteiger partial charge is 0.213 e. The first-order chi connectivity index (χ1) is 11.0. The molecule has 0 amide bonds. The summed E-state index contributed by atoms with van der Waals surface area (Å²) in [6.45, 7) is 6.70. The molecule has 0 bridgehead atoms. The highest BCUT2D eigenvalue weighted by Crippen LogP contribution is 2.28. The van der Waals surface area contributed by atoms with Gasteiger partial charge in [-0.3, -0.25) is 0 Å². The van der Waals surface area contributed by atoms with E-state index in [9.17, 15) is 5.26 Å². The first-order valence-corrected chi connectivity index (χ1v) is 8.27. The second-order valence-corrected chi connectivity index (χ2v) is 7.31. The second kappa shape index (κ2) is 6.01. The maximum Gasteiger partial charge on any atom is 0.213 e. The molecule has 5 nitrogen and oxygen atoms in total. The molecular formula is C17H18N4OS. The Morgan fingerprint density at radius 1 is 1.26 bits per heavy atom. The van der Waals surface area contributed by atoms with Crippen LogP contribution in [0.3, 0.4) is 0 Å². The number of imidazole rings is 1. The van der Waals surface area contributed by atoms with Gasteiger partial charge in [0.2, 0.25) is 4.96 Å². The van der Waals surface area contributed by atoms with E-state index in [4.69, 9.17) is 4.74 Å². The molecule has 0 saturated heterocycles. The van der Waals surface area contributed by atoms with E-state index in [1.165, 1.54) is 11.3 Å². The molecule has 0 aliphatic heterocycles. The van der Waals surface area contributed by atoms with Crippen LogP contribution in [0.2, 0.25) is 0 Å². The Labute approximate surface area is 139 Å². The number of aromatic nitrogens is 3. The van der Waals surface area contributed by atoms with Crippen LogP contribution in [-0.2, 0) is 11.8 Å². The van der Waals surface area contributed by atoms with Crippen molar-refractivity contribution < 1.29 is 4.74 Å². The van der Waals surface area contributed by atoms with Crippen molar-refractivity contribution in [3.05, 3.63) is 46.7 Å². The zero-order chi connectivity index (χ0) is 16.4. The normalized spacial score (nSPS) is 11.6. The largest absolute Gasteiger partial charge is 0.493 e. The van der Waals surface area contributed by atoms with Crippen molar-refractivity contribution in [2.75, 3.05) is 6.61 Å². The van der Waals surface area contributed by atoms with Crippen molar-refractivity contribution in [1.29, 1.82) is 5.26 Å². The summed E-state index contributed by atoms with van der Waals surface area (Å²) < 4.78 is 7.34. The fourth-order valence-corrected chi connectivity index (χ4v) is 3.16. The number of hydrogen-bond acceptors (Lipinski definition) is 5. The fourth-order valence-electron chi connectivity index (χ4n) is 2.29. The van der Waals surface area contributed by atoms with Crippen LogP contribution in [0.25, 0.3) is 4.96 Å². The van der Waals surface area contributed by atoms with E-state index in [-0.39, 0.29) is 5.41 Å². The lowest BCUT2D eigenvalue weighted by molar-refractivity contribution is 0.321. The Hall–Kier alpha value is -2.39. The van der Waals surface area contributed by atoms with Crippen LogP contribution in [0.5, 0.6) is 5.75 Å². The maximum absolute atomic E-state index is 9.43. The molecule has 23 heavy (non-hydrogen) atoms. The van der Waals surface area contributed by atoms with Crippen LogP contribution in [0.1, 0.15) is 37.2 Å². The Morgan fingerprint density at radius 3 is 2.65 bits per heavy atom. The molecule has 118 valence electrons. The SMILES string of the molecule is CC(C)(C)c1nc2sc(CCOc3ccccc3)nn2c1C#N. The monoisotopic (exact) mass is 326 g/mol. The van der Waals surface area contributed by atoms with Crippen molar-refractivity contribution in [2.24, 2.45) is 0 Å². The van der Waals surface area contributed by atoms with Gasteiger partial charge in [0.25, 0.3) is 0 Å². The number of fused-ring (bicyclic) bond motifs is 1. The third-order valence-electron chi connectivity index (χ3n) is 3.39. The Balaban J connectivity index is 1.76. The lowest BCUT2D eigenvalue weighted by atomic mass is 9.91. The van der Waals surface area contributed by atoms with E-state index >= 15 is 0 Å². The van der Waals surface area contributed by atoms with Crippen LogP contribution in [0.4, 0.5) is 0 Å². The van der Waals surface area contributed by atoms with Crippen molar-refractivity contribution in [2.45, 2.75) is 32.6 Å². The van der Waals surface area contributed by atoms with Crippen molar-refractivity contribution >= 4 is 16.3 Å². The van der Waals surface area contributed by atoms with Crippen LogP contribution in [0, 0.1) is 11.3 Å². The van der Waals surface area contributed by atoms with Gasteiger partial charge in [0.1, 0.15) is 16.8 Å². The van der Waals surface area contributed by atoms with Crippen molar-refractivity contribution in [1.82, 2.24) is 14.6 Å². The number of rotatable bonds is 4. The standard InChI is InChI=1S/C17H18N4OS/c1-17(2,3)15-13(11-18)21-16(19-15)23-14(20-21)9-10-22-12-7-5-4-6-8-12/h4-8H,9-10H2,1-3H3. The molecule has 0 fully saturated rings. The molecule has 3 aromatic rings. The number of para-hydroxylation sites is 1. The first kappa shape index (κ1) is 15.5. The molecule has 6 heteroatoms. The summed E-state index contributed by atoms with van der Waals surface area (Å²) in [6, 6.07) is 11.9. The molecule has 0 atom stereocenters. The minimum Gasteiger partial charge on any atom is -0.493 e. The minimum absolute atomic E-state index is 0.172. The fraction of sp³-hybridized carbons (Fsp3) is 0.353. The molecular weight excluding hydrogens is 308 g/mol. The van der Waals surface area contributed by atoms with Gasteiger partial charge in [-0.05, 0) is 12.1 Å². The number of nitrogens with zero attached hydrogens (tertiary/aromatic N) is 4. The number of benzene rings is 1. The quantitative estimate of drug-likeness (QED) is 0.735. The average Bonchev–Trinajstić information content (AvgIpc) is 3.04. The third kappa shape index (κ3) is 3.20. The van der Waals surface area contributed by atoms with Gasteiger partial charge in [-0.2, -0.15) is 14.9 Å². The van der Waals surface area contributed by atoms with E-state index < -0.39 is 0 Å². The van der Waals surface area contributed by atoms with Crippen LogP contribution < -0.4 is 4.74 Å². The third-order valence-corrected chi connectivity index (χ3v) is 4.36. The second-order valence-electron chi connectivity index (χ2n) is 6.27. The Morgan fingerprint density at radius 2 is 2.00 bits per heavy atom. The van der Waals surface area contributed by atoms with Gasteiger partial charge in [-0.1, -0.05) is 50.3 Å².